The molecule has 18 heavy (non-hydrogen) atoms. The molecule has 0 fully saturated rings. The first-order chi connectivity index (χ1) is 8.87. The SMILES string of the molecule is C1=CC2=CC=C3C=CC=CC34C=CC=CC24C=C1. The van der Waals surface area contributed by atoms with Gasteiger partial charge < -0.3 is 0 Å². The molecule has 0 aromatic rings. The largest absolute Gasteiger partial charge is 0.0687 e. The van der Waals surface area contributed by atoms with E-state index in [1.54, 1.807) is 0 Å². The maximum Gasteiger partial charge on any atom is 0.0485 e. The Morgan fingerprint density at radius 3 is 1.33 bits per heavy atom. The predicted octanol–water partition coefficient (Wildman–Crippen LogP) is 4.20. The highest BCUT2D eigenvalue weighted by molar-refractivity contribution is 5.63. The summed E-state index contributed by atoms with van der Waals surface area (Å²) in [6, 6.07) is 0. The van der Waals surface area contributed by atoms with E-state index >= 15 is 0 Å². The van der Waals surface area contributed by atoms with Gasteiger partial charge in [-0.15, -0.1) is 0 Å². The second-order valence-corrected chi connectivity index (χ2v) is 5.14. The predicted molar refractivity (Wildman–Crippen MR) is 75.9 cm³/mol. The fourth-order valence-corrected chi connectivity index (χ4v) is 3.52. The van der Waals surface area contributed by atoms with Crippen molar-refractivity contribution in [2.24, 2.45) is 10.8 Å². The molecule has 0 saturated heterocycles. The zero-order chi connectivity index (χ0) is 12.1. The lowest BCUT2D eigenvalue weighted by Gasteiger charge is -2.51. The van der Waals surface area contributed by atoms with E-state index in [9.17, 15) is 0 Å². The Bertz CT molecular complexity index is 566. The normalized spacial score (nSPS) is 37.8. The van der Waals surface area contributed by atoms with E-state index in [2.05, 4.69) is 85.1 Å². The molecule has 0 saturated carbocycles. The minimum Gasteiger partial charge on any atom is -0.0687 e. The van der Waals surface area contributed by atoms with Crippen LogP contribution in [0.15, 0.2) is 96.2 Å². The molecule has 0 heterocycles. The van der Waals surface area contributed by atoms with E-state index < -0.39 is 0 Å². The molecular formula is C18H14. The van der Waals surface area contributed by atoms with Crippen LogP contribution >= 0.6 is 0 Å². The van der Waals surface area contributed by atoms with Gasteiger partial charge in [0, 0.05) is 10.8 Å². The Kier molecular flexibility index (Phi) is 1.78. The van der Waals surface area contributed by atoms with Crippen LogP contribution in [0.25, 0.3) is 0 Å². The van der Waals surface area contributed by atoms with E-state index in [-0.39, 0.29) is 10.8 Å². The summed E-state index contributed by atoms with van der Waals surface area (Å²) in [6.07, 6.45) is 31.2. The van der Waals surface area contributed by atoms with E-state index in [4.69, 9.17) is 0 Å². The van der Waals surface area contributed by atoms with Gasteiger partial charge in [0.1, 0.15) is 0 Å². The topological polar surface area (TPSA) is 0 Å². The van der Waals surface area contributed by atoms with E-state index in [1.807, 2.05) is 0 Å². The molecule has 2 unspecified atom stereocenters. The van der Waals surface area contributed by atoms with Crippen LogP contribution in [-0.4, -0.2) is 0 Å². The highest BCUT2D eigenvalue weighted by Gasteiger charge is 2.51. The van der Waals surface area contributed by atoms with Crippen LogP contribution in [0, 0.1) is 10.8 Å². The fourth-order valence-electron chi connectivity index (χ4n) is 3.52. The average Bonchev–Trinajstić information content (AvgIpc) is 2.44. The minimum absolute atomic E-state index is 0.0398. The molecule has 86 valence electrons. The summed E-state index contributed by atoms with van der Waals surface area (Å²) in [7, 11) is 0. The van der Waals surface area contributed by atoms with Crippen LogP contribution in [0.2, 0.25) is 0 Å². The van der Waals surface area contributed by atoms with Gasteiger partial charge in [0.05, 0.1) is 0 Å². The summed E-state index contributed by atoms with van der Waals surface area (Å²) in [5, 5.41) is 0. The molecule has 0 bridgehead atoms. The molecular weight excluding hydrogens is 216 g/mol. The van der Waals surface area contributed by atoms with E-state index in [0.717, 1.165) is 0 Å². The van der Waals surface area contributed by atoms with Gasteiger partial charge in [-0.2, -0.15) is 0 Å². The van der Waals surface area contributed by atoms with Crippen molar-refractivity contribution in [3.8, 4) is 0 Å². The van der Waals surface area contributed by atoms with Crippen LogP contribution in [-0.2, 0) is 0 Å². The van der Waals surface area contributed by atoms with Gasteiger partial charge in [-0.05, 0) is 11.1 Å². The smallest absolute Gasteiger partial charge is 0.0485 e. The van der Waals surface area contributed by atoms with E-state index in [0.29, 0.717) is 0 Å². The lowest BCUT2D eigenvalue weighted by molar-refractivity contribution is 0.363. The zero-order valence-electron chi connectivity index (χ0n) is 10.1. The molecule has 0 radical (unpaired) electrons. The van der Waals surface area contributed by atoms with Crippen LogP contribution in [0.5, 0.6) is 0 Å². The van der Waals surface area contributed by atoms with Crippen molar-refractivity contribution >= 4 is 0 Å². The Hall–Kier alpha value is -2.08. The van der Waals surface area contributed by atoms with Crippen molar-refractivity contribution < 1.29 is 0 Å². The summed E-state index contributed by atoms with van der Waals surface area (Å²) in [5.41, 5.74) is 2.66. The Morgan fingerprint density at radius 2 is 0.889 bits per heavy atom. The molecule has 4 aliphatic carbocycles. The fraction of sp³-hybridized carbons (Fsp3) is 0.111. The van der Waals surface area contributed by atoms with Crippen LogP contribution < -0.4 is 0 Å². The minimum atomic E-state index is -0.0398. The van der Waals surface area contributed by atoms with Gasteiger partial charge in [0.15, 0.2) is 0 Å². The van der Waals surface area contributed by atoms with E-state index in [1.165, 1.54) is 11.1 Å². The van der Waals surface area contributed by atoms with Crippen LogP contribution in [0.3, 0.4) is 0 Å². The Balaban J connectivity index is 2.07. The molecule has 0 aromatic heterocycles. The molecule has 4 rings (SSSR count). The first-order valence-electron chi connectivity index (χ1n) is 6.39. The first-order valence-corrected chi connectivity index (χ1v) is 6.39. The number of allylic oxidation sites excluding steroid dienone is 16. The monoisotopic (exact) mass is 230 g/mol. The molecule has 2 atom stereocenters. The lowest BCUT2D eigenvalue weighted by atomic mass is 9.51. The summed E-state index contributed by atoms with van der Waals surface area (Å²) in [6.45, 7) is 0. The quantitative estimate of drug-likeness (QED) is 0.585. The Morgan fingerprint density at radius 1 is 0.500 bits per heavy atom. The molecule has 0 amide bonds. The van der Waals surface area contributed by atoms with Gasteiger partial charge in [0.2, 0.25) is 0 Å². The van der Waals surface area contributed by atoms with Crippen molar-refractivity contribution in [1.29, 1.82) is 0 Å². The number of hydrogen-bond donors (Lipinski definition) is 0. The van der Waals surface area contributed by atoms with Crippen molar-refractivity contribution in [2.45, 2.75) is 0 Å². The molecule has 0 nitrogen and oxygen atoms in total. The van der Waals surface area contributed by atoms with Crippen LogP contribution in [0.4, 0.5) is 0 Å². The zero-order valence-corrected chi connectivity index (χ0v) is 10.1. The summed E-state index contributed by atoms with van der Waals surface area (Å²) < 4.78 is 0. The standard InChI is InChI=1S/C18H14/c1-3-11-17-13-5-6-14-18(17)12-4-2-8-16(18)10-9-15(17)7-1/h1-14H. The van der Waals surface area contributed by atoms with Gasteiger partial charge in [-0.25, -0.2) is 0 Å². The van der Waals surface area contributed by atoms with Crippen LogP contribution in [0.1, 0.15) is 0 Å². The summed E-state index contributed by atoms with van der Waals surface area (Å²) in [5.74, 6) is 0. The Labute approximate surface area is 107 Å². The second kappa shape index (κ2) is 3.23. The third-order valence-corrected chi connectivity index (χ3v) is 4.40. The first kappa shape index (κ1) is 9.90. The third kappa shape index (κ3) is 0.971. The van der Waals surface area contributed by atoms with Gasteiger partial charge in [0.25, 0.3) is 0 Å². The van der Waals surface area contributed by atoms with Gasteiger partial charge in [-0.3, -0.25) is 0 Å². The second-order valence-electron chi connectivity index (χ2n) is 5.14. The highest BCUT2D eigenvalue weighted by atomic mass is 14.5. The molecule has 0 aromatic carbocycles. The molecule has 2 spiro atoms. The molecule has 0 heteroatoms. The summed E-state index contributed by atoms with van der Waals surface area (Å²) >= 11 is 0. The summed E-state index contributed by atoms with van der Waals surface area (Å²) in [4.78, 5) is 0. The number of rotatable bonds is 0. The molecule has 0 aliphatic heterocycles. The molecule has 4 aliphatic rings. The molecule has 0 N–H and O–H groups in total. The van der Waals surface area contributed by atoms with Crippen molar-refractivity contribution in [3.63, 3.8) is 0 Å². The van der Waals surface area contributed by atoms with Crippen molar-refractivity contribution in [1.82, 2.24) is 0 Å². The highest BCUT2D eigenvalue weighted by Crippen LogP contribution is 2.59. The lowest BCUT2D eigenvalue weighted by Crippen LogP contribution is -2.43. The third-order valence-electron chi connectivity index (χ3n) is 4.40. The maximum absolute atomic E-state index is 2.33. The van der Waals surface area contributed by atoms with Crippen molar-refractivity contribution in [2.75, 3.05) is 0 Å². The van der Waals surface area contributed by atoms with Gasteiger partial charge in [-0.1, -0.05) is 85.1 Å². The average molecular weight is 230 g/mol. The van der Waals surface area contributed by atoms with Crippen molar-refractivity contribution in [3.05, 3.63) is 96.2 Å². The number of hydrogen-bond acceptors (Lipinski definition) is 0. The maximum atomic E-state index is 2.33. The van der Waals surface area contributed by atoms with Gasteiger partial charge >= 0.3 is 0 Å².